The lowest BCUT2D eigenvalue weighted by Gasteiger charge is -2.09. The van der Waals surface area contributed by atoms with Crippen molar-refractivity contribution in [2.45, 2.75) is 11.4 Å². The molecular formula is C14H13F2NO2S. The second-order valence-corrected chi connectivity index (χ2v) is 6.41. The Kier molecular flexibility index (Phi) is 4.04. The number of benzene rings is 2. The van der Waals surface area contributed by atoms with Gasteiger partial charge in [-0.25, -0.2) is 17.2 Å². The standard InChI is InChI=1S/C14H13F2NO2S/c1-20(18,19)12-6-7-13(16)14(8-12)17-9-10-2-4-11(15)5-3-10/h2-8,17H,9H2,1H3. The van der Waals surface area contributed by atoms with Crippen LogP contribution in [0.3, 0.4) is 0 Å². The molecule has 0 unspecified atom stereocenters. The third kappa shape index (κ3) is 3.54. The van der Waals surface area contributed by atoms with Crippen LogP contribution in [0.15, 0.2) is 47.4 Å². The van der Waals surface area contributed by atoms with Crippen molar-refractivity contribution in [2.75, 3.05) is 11.6 Å². The molecule has 0 radical (unpaired) electrons. The van der Waals surface area contributed by atoms with Crippen LogP contribution in [0.2, 0.25) is 0 Å². The van der Waals surface area contributed by atoms with Gasteiger partial charge >= 0.3 is 0 Å². The quantitative estimate of drug-likeness (QED) is 0.883. The van der Waals surface area contributed by atoms with Crippen molar-refractivity contribution in [3.05, 3.63) is 59.7 Å². The fourth-order valence-corrected chi connectivity index (χ4v) is 2.32. The Morgan fingerprint density at radius 1 is 1.05 bits per heavy atom. The van der Waals surface area contributed by atoms with Crippen LogP contribution in [0.4, 0.5) is 14.5 Å². The fraction of sp³-hybridized carbons (Fsp3) is 0.143. The fourth-order valence-electron chi connectivity index (χ4n) is 1.67. The molecule has 106 valence electrons. The van der Waals surface area contributed by atoms with Gasteiger partial charge in [-0.2, -0.15) is 0 Å². The van der Waals surface area contributed by atoms with Gasteiger partial charge in [0.05, 0.1) is 10.6 Å². The van der Waals surface area contributed by atoms with Crippen LogP contribution in [-0.4, -0.2) is 14.7 Å². The van der Waals surface area contributed by atoms with E-state index in [1.54, 1.807) is 12.1 Å². The monoisotopic (exact) mass is 297 g/mol. The summed E-state index contributed by atoms with van der Waals surface area (Å²) in [7, 11) is -3.39. The van der Waals surface area contributed by atoms with E-state index in [0.29, 0.717) is 0 Å². The molecule has 0 fully saturated rings. The zero-order chi connectivity index (χ0) is 14.8. The molecule has 2 aromatic rings. The molecule has 0 atom stereocenters. The van der Waals surface area contributed by atoms with Gasteiger partial charge in [0.15, 0.2) is 9.84 Å². The van der Waals surface area contributed by atoms with Gasteiger partial charge in [0.2, 0.25) is 0 Å². The Hall–Kier alpha value is -1.95. The predicted octanol–water partition coefficient (Wildman–Crippen LogP) is 2.98. The molecule has 2 rings (SSSR count). The first-order valence-corrected chi connectivity index (χ1v) is 7.73. The highest BCUT2D eigenvalue weighted by atomic mass is 32.2. The van der Waals surface area contributed by atoms with E-state index < -0.39 is 15.7 Å². The second-order valence-electron chi connectivity index (χ2n) is 4.39. The molecule has 0 saturated carbocycles. The maximum atomic E-state index is 13.6. The Morgan fingerprint density at radius 3 is 2.30 bits per heavy atom. The Balaban J connectivity index is 2.19. The molecule has 0 aromatic heterocycles. The molecule has 0 bridgehead atoms. The summed E-state index contributed by atoms with van der Waals surface area (Å²) in [6.45, 7) is 0.268. The van der Waals surface area contributed by atoms with E-state index >= 15 is 0 Å². The van der Waals surface area contributed by atoms with Gasteiger partial charge in [-0.1, -0.05) is 12.1 Å². The number of rotatable bonds is 4. The van der Waals surface area contributed by atoms with Crippen molar-refractivity contribution in [3.63, 3.8) is 0 Å². The van der Waals surface area contributed by atoms with Crippen LogP contribution >= 0.6 is 0 Å². The SMILES string of the molecule is CS(=O)(=O)c1ccc(F)c(NCc2ccc(F)cc2)c1. The van der Waals surface area contributed by atoms with Crippen molar-refractivity contribution in [1.82, 2.24) is 0 Å². The maximum Gasteiger partial charge on any atom is 0.175 e. The van der Waals surface area contributed by atoms with E-state index in [2.05, 4.69) is 5.32 Å². The van der Waals surface area contributed by atoms with Crippen LogP contribution < -0.4 is 5.32 Å². The maximum absolute atomic E-state index is 13.6. The van der Waals surface area contributed by atoms with E-state index in [1.807, 2.05) is 0 Å². The average Bonchev–Trinajstić information content (AvgIpc) is 2.38. The van der Waals surface area contributed by atoms with Crippen LogP contribution in [0.25, 0.3) is 0 Å². The Labute approximate surface area is 116 Å². The van der Waals surface area contributed by atoms with Crippen LogP contribution in [0, 0.1) is 11.6 Å². The summed E-state index contributed by atoms with van der Waals surface area (Å²) in [5.41, 5.74) is 0.854. The zero-order valence-electron chi connectivity index (χ0n) is 10.7. The first kappa shape index (κ1) is 14.5. The van der Waals surface area contributed by atoms with E-state index in [0.717, 1.165) is 17.9 Å². The molecule has 0 amide bonds. The molecule has 0 saturated heterocycles. The highest BCUT2D eigenvalue weighted by molar-refractivity contribution is 7.90. The summed E-state index contributed by atoms with van der Waals surface area (Å²) in [4.78, 5) is 0.0421. The van der Waals surface area contributed by atoms with E-state index in [1.165, 1.54) is 24.3 Å². The molecule has 3 nitrogen and oxygen atoms in total. The topological polar surface area (TPSA) is 46.2 Å². The zero-order valence-corrected chi connectivity index (χ0v) is 11.5. The van der Waals surface area contributed by atoms with Crippen LogP contribution in [-0.2, 0) is 16.4 Å². The lowest BCUT2D eigenvalue weighted by Crippen LogP contribution is -2.04. The number of sulfone groups is 1. The smallest absolute Gasteiger partial charge is 0.175 e. The predicted molar refractivity (Wildman–Crippen MR) is 73.2 cm³/mol. The summed E-state index contributed by atoms with van der Waals surface area (Å²) in [6.07, 6.45) is 1.06. The third-order valence-corrected chi connectivity index (χ3v) is 3.87. The Morgan fingerprint density at radius 2 is 1.70 bits per heavy atom. The van der Waals surface area contributed by atoms with E-state index in [9.17, 15) is 17.2 Å². The van der Waals surface area contributed by atoms with E-state index in [-0.39, 0.29) is 22.9 Å². The van der Waals surface area contributed by atoms with Gasteiger partial charge in [-0.05, 0) is 35.9 Å². The number of hydrogen-bond donors (Lipinski definition) is 1. The molecule has 0 heterocycles. The molecule has 0 aliphatic heterocycles. The van der Waals surface area contributed by atoms with Crippen molar-refractivity contribution in [2.24, 2.45) is 0 Å². The number of anilines is 1. The van der Waals surface area contributed by atoms with Gasteiger partial charge in [-0.15, -0.1) is 0 Å². The first-order chi connectivity index (χ1) is 9.36. The summed E-state index contributed by atoms with van der Waals surface area (Å²) < 4.78 is 49.2. The molecule has 0 aliphatic carbocycles. The summed E-state index contributed by atoms with van der Waals surface area (Å²) in [6, 6.07) is 9.31. The normalized spacial score (nSPS) is 11.3. The van der Waals surface area contributed by atoms with Crippen molar-refractivity contribution < 1.29 is 17.2 Å². The molecule has 2 aromatic carbocycles. The number of nitrogens with one attached hydrogen (secondary N) is 1. The highest BCUT2D eigenvalue weighted by Crippen LogP contribution is 2.20. The third-order valence-electron chi connectivity index (χ3n) is 2.76. The molecule has 0 spiro atoms. The van der Waals surface area contributed by atoms with Crippen molar-refractivity contribution in [3.8, 4) is 0 Å². The molecule has 0 aliphatic rings. The minimum Gasteiger partial charge on any atom is -0.379 e. The van der Waals surface area contributed by atoms with Gasteiger partial charge in [-0.3, -0.25) is 0 Å². The molecule has 1 N–H and O–H groups in total. The lowest BCUT2D eigenvalue weighted by molar-refractivity contribution is 0.600. The summed E-state index contributed by atoms with van der Waals surface area (Å²) in [5, 5.41) is 2.80. The van der Waals surface area contributed by atoms with Crippen LogP contribution in [0.1, 0.15) is 5.56 Å². The second kappa shape index (κ2) is 5.58. The molecular weight excluding hydrogens is 284 g/mol. The Bertz CT molecular complexity index is 712. The van der Waals surface area contributed by atoms with Crippen LogP contribution in [0.5, 0.6) is 0 Å². The van der Waals surface area contributed by atoms with Crippen molar-refractivity contribution in [1.29, 1.82) is 0 Å². The van der Waals surface area contributed by atoms with E-state index in [4.69, 9.17) is 0 Å². The molecule has 20 heavy (non-hydrogen) atoms. The van der Waals surface area contributed by atoms with Gasteiger partial charge in [0, 0.05) is 12.8 Å². The largest absolute Gasteiger partial charge is 0.379 e. The van der Waals surface area contributed by atoms with Gasteiger partial charge < -0.3 is 5.32 Å². The van der Waals surface area contributed by atoms with Gasteiger partial charge in [0.1, 0.15) is 11.6 Å². The minimum absolute atomic E-state index is 0.0421. The minimum atomic E-state index is -3.39. The van der Waals surface area contributed by atoms with Crippen molar-refractivity contribution >= 4 is 15.5 Å². The number of halogens is 2. The summed E-state index contributed by atoms with van der Waals surface area (Å²) in [5.74, 6) is -0.890. The summed E-state index contributed by atoms with van der Waals surface area (Å²) >= 11 is 0. The highest BCUT2D eigenvalue weighted by Gasteiger charge is 2.10. The van der Waals surface area contributed by atoms with Gasteiger partial charge in [0.25, 0.3) is 0 Å². The lowest BCUT2D eigenvalue weighted by atomic mass is 10.2. The number of hydrogen-bond acceptors (Lipinski definition) is 3. The first-order valence-electron chi connectivity index (χ1n) is 5.84. The average molecular weight is 297 g/mol. The molecule has 6 heteroatoms.